The van der Waals surface area contributed by atoms with Crippen molar-refractivity contribution in [3.63, 3.8) is 0 Å². The van der Waals surface area contributed by atoms with E-state index in [1.165, 1.54) is 0 Å². The van der Waals surface area contributed by atoms with E-state index in [9.17, 15) is 9.59 Å². The zero-order valence-electron chi connectivity index (χ0n) is 14.1. The second kappa shape index (κ2) is 9.05. The van der Waals surface area contributed by atoms with Crippen LogP contribution in [0.25, 0.3) is 0 Å². The maximum Gasteiger partial charge on any atom is 0.238 e. The minimum Gasteiger partial charge on any atom is -0.497 e. The summed E-state index contributed by atoms with van der Waals surface area (Å²) in [5.74, 6) is 0.261. The number of methoxy groups -OCH3 is 1. The van der Waals surface area contributed by atoms with Crippen molar-refractivity contribution in [1.29, 1.82) is 0 Å². The molecule has 2 amide bonds. The van der Waals surface area contributed by atoms with E-state index < -0.39 is 0 Å². The van der Waals surface area contributed by atoms with Crippen LogP contribution < -0.4 is 15.4 Å². The summed E-state index contributed by atoms with van der Waals surface area (Å²) in [7, 11) is 3.27. The molecular formula is C18H20ClN3O3. The lowest BCUT2D eigenvalue weighted by Crippen LogP contribution is -2.36. The maximum absolute atomic E-state index is 12.0. The molecule has 0 unspecified atom stereocenters. The Labute approximate surface area is 151 Å². The van der Waals surface area contributed by atoms with Gasteiger partial charge in [-0.05, 0) is 43.4 Å². The van der Waals surface area contributed by atoms with Gasteiger partial charge in [0.25, 0.3) is 0 Å². The first-order valence-electron chi connectivity index (χ1n) is 7.65. The van der Waals surface area contributed by atoms with Gasteiger partial charge in [0.15, 0.2) is 0 Å². The van der Waals surface area contributed by atoms with E-state index in [4.69, 9.17) is 16.3 Å². The molecule has 0 radical (unpaired) electrons. The van der Waals surface area contributed by atoms with Gasteiger partial charge in [0.1, 0.15) is 5.75 Å². The molecule has 0 bridgehead atoms. The summed E-state index contributed by atoms with van der Waals surface area (Å²) in [5.41, 5.74) is 1.21. The first-order valence-corrected chi connectivity index (χ1v) is 8.02. The van der Waals surface area contributed by atoms with Gasteiger partial charge in [0, 0.05) is 5.69 Å². The van der Waals surface area contributed by atoms with Crippen molar-refractivity contribution in [2.45, 2.75) is 0 Å². The van der Waals surface area contributed by atoms with Gasteiger partial charge in [-0.15, -0.1) is 0 Å². The van der Waals surface area contributed by atoms with Gasteiger partial charge in [-0.3, -0.25) is 14.5 Å². The zero-order valence-corrected chi connectivity index (χ0v) is 14.8. The van der Waals surface area contributed by atoms with Crippen molar-refractivity contribution in [3.05, 3.63) is 53.6 Å². The van der Waals surface area contributed by atoms with Crippen LogP contribution in [-0.2, 0) is 9.59 Å². The average molecular weight is 362 g/mol. The first-order chi connectivity index (χ1) is 12.0. The summed E-state index contributed by atoms with van der Waals surface area (Å²) in [6.07, 6.45) is 0. The number of hydrogen-bond donors (Lipinski definition) is 2. The fourth-order valence-electron chi connectivity index (χ4n) is 2.17. The Morgan fingerprint density at radius 1 is 1.00 bits per heavy atom. The van der Waals surface area contributed by atoms with Gasteiger partial charge >= 0.3 is 0 Å². The summed E-state index contributed by atoms with van der Waals surface area (Å²) < 4.78 is 5.06. The number of benzene rings is 2. The van der Waals surface area contributed by atoms with Gasteiger partial charge < -0.3 is 15.4 Å². The first kappa shape index (κ1) is 18.8. The van der Waals surface area contributed by atoms with Crippen molar-refractivity contribution in [2.75, 3.05) is 37.9 Å². The van der Waals surface area contributed by atoms with Crippen molar-refractivity contribution >= 4 is 34.8 Å². The van der Waals surface area contributed by atoms with Gasteiger partial charge in [-0.1, -0.05) is 23.7 Å². The molecule has 2 aromatic carbocycles. The largest absolute Gasteiger partial charge is 0.497 e. The van der Waals surface area contributed by atoms with Crippen molar-refractivity contribution < 1.29 is 14.3 Å². The molecule has 6 nitrogen and oxygen atoms in total. The Hall–Kier alpha value is -2.57. The van der Waals surface area contributed by atoms with E-state index in [1.807, 2.05) is 0 Å². The zero-order chi connectivity index (χ0) is 18.2. The molecule has 0 aromatic heterocycles. The van der Waals surface area contributed by atoms with Crippen molar-refractivity contribution in [2.24, 2.45) is 0 Å². The third-order valence-electron chi connectivity index (χ3n) is 3.35. The van der Waals surface area contributed by atoms with E-state index in [1.54, 1.807) is 67.6 Å². The standard InChI is InChI=1S/C18H20ClN3O3/c1-22(12-18(24)21-16-6-4-3-5-15(16)19)11-17(23)20-13-7-9-14(25-2)10-8-13/h3-10H,11-12H2,1-2H3,(H,20,23)(H,21,24). The monoisotopic (exact) mass is 361 g/mol. The van der Waals surface area contributed by atoms with E-state index in [0.717, 1.165) is 0 Å². The molecule has 0 fully saturated rings. The minimum atomic E-state index is -0.243. The van der Waals surface area contributed by atoms with Crippen molar-refractivity contribution in [3.8, 4) is 5.75 Å². The molecule has 0 heterocycles. The average Bonchev–Trinajstić information content (AvgIpc) is 2.57. The number of halogens is 1. The number of amides is 2. The molecule has 7 heteroatoms. The Balaban J connectivity index is 1.80. The number of rotatable bonds is 7. The van der Waals surface area contributed by atoms with Crippen LogP contribution in [0.5, 0.6) is 5.75 Å². The van der Waals surface area contributed by atoms with Crippen LogP contribution in [0.4, 0.5) is 11.4 Å². The fraction of sp³-hybridized carbons (Fsp3) is 0.222. The topological polar surface area (TPSA) is 70.7 Å². The second-order valence-electron chi connectivity index (χ2n) is 5.48. The quantitative estimate of drug-likeness (QED) is 0.795. The number of para-hydroxylation sites is 1. The number of hydrogen-bond acceptors (Lipinski definition) is 4. The van der Waals surface area contributed by atoms with E-state index in [0.29, 0.717) is 22.1 Å². The molecule has 0 saturated heterocycles. The molecule has 0 aliphatic heterocycles. The molecule has 0 aliphatic carbocycles. The number of anilines is 2. The molecule has 132 valence electrons. The third kappa shape index (κ3) is 6.10. The summed E-state index contributed by atoms with van der Waals surface area (Å²) in [6.45, 7) is 0.156. The van der Waals surface area contributed by atoms with Crippen LogP contribution in [0.2, 0.25) is 5.02 Å². The molecule has 0 atom stereocenters. The lowest BCUT2D eigenvalue weighted by Gasteiger charge is -2.16. The van der Waals surface area contributed by atoms with Gasteiger partial charge in [0.05, 0.1) is 30.9 Å². The highest BCUT2D eigenvalue weighted by Gasteiger charge is 2.12. The maximum atomic E-state index is 12.0. The van der Waals surface area contributed by atoms with E-state index in [2.05, 4.69) is 10.6 Å². The number of nitrogens with one attached hydrogen (secondary N) is 2. The van der Waals surface area contributed by atoms with Gasteiger partial charge in [-0.25, -0.2) is 0 Å². The smallest absolute Gasteiger partial charge is 0.238 e. The summed E-state index contributed by atoms with van der Waals surface area (Å²) in [4.78, 5) is 25.7. The SMILES string of the molecule is COc1ccc(NC(=O)CN(C)CC(=O)Nc2ccccc2Cl)cc1. The molecule has 0 aliphatic rings. The number of carbonyl (C=O) groups excluding carboxylic acids is 2. The molecular weight excluding hydrogens is 342 g/mol. The van der Waals surface area contributed by atoms with Crippen LogP contribution in [0.1, 0.15) is 0 Å². The van der Waals surface area contributed by atoms with Crippen LogP contribution in [0.15, 0.2) is 48.5 Å². The van der Waals surface area contributed by atoms with Crippen LogP contribution in [-0.4, -0.2) is 44.0 Å². The van der Waals surface area contributed by atoms with Crippen molar-refractivity contribution in [1.82, 2.24) is 4.90 Å². The van der Waals surface area contributed by atoms with Crippen LogP contribution in [0.3, 0.4) is 0 Å². The Kier molecular flexibility index (Phi) is 6.80. The summed E-state index contributed by atoms with van der Waals surface area (Å²) in [6, 6.07) is 14.0. The molecule has 2 rings (SSSR count). The minimum absolute atomic E-state index is 0.0707. The fourth-order valence-corrected chi connectivity index (χ4v) is 2.36. The summed E-state index contributed by atoms with van der Waals surface area (Å²) in [5, 5.41) is 5.95. The number of ether oxygens (including phenoxy) is 1. The highest BCUT2D eigenvalue weighted by molar-refractivity contribution is 6.33. The van der Waals surface area contributed by atoms with E-state index >= 15 is 0 Å². The van der Waals surface area contributed by atoms with Crippen LogP contribution >= 0.6 is 11.6 Å². The number of likely N-dealkylation sites (N-methyl/N-ethyl adjacent to an activating group) is 1. The Morgan fingerprint density at radius 3 is 2.20 bits per heavy atom. The van der Waals surface area contributed by atoms with Crippen LogP contribution in [0, 0.1) is 0 Å². The van der Waals surface area contributed by atoms with E-state index in [-0.39, 0.29) is 24.9 Å². The third-order valence-corrected chi connectivity index (χ3v) is 3.68. The second-order valence-corrected chi connectivity index (χ2v) is 5.88. The highest BCUT2D eigenvalue weighted by Crippen LogP contribution is 2.20. The Morgan fingerprint density at radius 2 is 1.60 bits per heavy atom. The molecule has 0 spiro atoms. The van der Waals surface area contributed by atoms with Gasteiger partial charge in [-0.2, -0.15) is 0 Å². The Bertz CT molecular complexity index is 735. The molecule has 2 aromatic rings. The predicted molar refractivity (Wildman–Crippen MR) is 99.2 cm³/mol. The molecule has 2 N–H and O–H groups in total. The molecule has 0 saturated carbocycles. The number of carbonyl (C=O) groups is 2. The predicted octanol–water partition coefficient (Wildman–Crippen LogP) is 2.86. The lowest BCUT2D eigenvalue weighted by atomic mass is 10.3. The normalized spacial score (nSPS) is 10.4. The number of nitrogens with zero attached hydrogens (tertiary/aromatic N) is 1. The summed E-state index contributed by atoms with van der Waals surface area (Å²) >= 11 is 6.00. The molecule has 25 heavy (non-hydrogen) atoms. The lowest BCUT2D eigenvalue weighted by molar-refractivity contribution is -0.119. The van der Waals surface area contributed by atoms with Gasteiger partial charge in [0.2, 0.25) is 11.8 Å². The highest BCUT2D eigenvalue weighted by atomic mass is 35.5.